The van der Waals surface area contributed by atoms with Crippen LogP contribution in [0.15, 0.2) is 53.1 Å². The lowest BCUT2D eigenvalue weighted by molar-refractivity contribution is -0.140. The van der Waals surface area contributed by atoms with E-state index >= 15 is 0 Å². The van der Waals surface area contributed by atoms with Gasteiger partial charge in [0.05, 0.1) is 24.5 Å². The molecule has 2 fully saturated rings. The first-order chi connectivity index (χ1) is 15.5. The number of methoxy groups -OCH3 is 1. The van der Waals surface area contributed by atoms with Crippen molar-refractivity contribution in [2.45, 2.75) is 19.3 Å². The van der Waals surface area contributed by atoms with Crippen molar-refractivity contribution in [2.75, 3.05) is 31.6 Å². The summed E-state index contributed by atoms with van der Waals surface area (Å²) in [7, 11) is 1.60. The molecular formula is C24H24N4O4. The van der Waals surface area contributed by atoms with E-state index in [1.807, 2.05) is 55.5 Å². The standard InChI is InChI=1S/C24H24N4O4/c1-15-7-9-18(10-8-15)28-14-16(11-21(28)29)24(30)27-12-17(13-27)23-25-22(26-32-23)19-5-3-4-6-20(19)31-2/h3-10,16-17H,11-14H2,1-2H3. The molecule has 1 unspecified atom stereocenters. The minimum atomic E-state index is -0.323. The van der Waals surface area contributed by atoms with Crippen LogP contribution in [-0.4, -0.2) is 53.6 Å². The average Bonchev–Trinajstić information content (AvgIpc) is 3.40. The lowest BCUT2D eigenvalue weighted by atomic mass is 9.96. The fourth-order valence-corrected chi connectivity index (χ4v) is 4.26. The van der Waals surface area contributed by atoms with Crippen LogP contribution in [0.3, 0.4) is 0 Å². The molecule has 2 aromatic carbocycles. The first-order valence-corrected chi connectivity index (χ1v) is 10.7. The van der Waals surface area contributed by atoms with Crippen LogP contribution in [0, 0.1) is 12.8 Å². The summed E-state index contributed by atoms with van der Waals surface area (Å²) in [5.74, 6) is 1.33. The van der Waals surface area contributed by atoms with Crippen molar-refractivity contribution in [3.8, 4) is 17.1 Å². The minimum Gasteiger partial charge on any atom is -0.496 e. The molecule has 0 spiro atoms. The van der Waals surface area contributed by atoms with Gasteiger partial charge in [0, 0.05) is 31.7 Å². The third-order valence-corrected chi connectivity index (χ3v) is 6.15. The van der Waals surface area contributed by atoms with Crippen molar-refractivity contribution >= 4 is 17.5 Å². The Morgan fingerprint density at radius 3 is 2.59 bits per heavy atom. The van der Waals surface area contributed by atoms with Crippen LogP contribution >= 0.6 is 0 Å². The van der Waals surface area contributed by atoms with Gasteiger partial charge in [0.25, 0.3) is 0 Å². The monoisotopic (exact) mass is 432 g/mol. The number of carbonyl (C=O) groups is 2. The largest absolute Gasteiger partial charge is 0.496 e. The van der Waals surface area contributed by atoms with Crippen LogP contribution in [0.2, 0.25) is 0 Å². The van der Waals surface area contributed by atoms with Crippen molar-refractivity contribution in [3.05, 3.63) is 60.0 Å². The van der Waals surface area contributed by atoms with Gasteiger partial charge < -0.3 is 19.1 Å². The molecule has 1 aromatic heterocycles. The van der Waals surface area contributed by atoms with Gasteiger partial charge in [-0.2, -0.15) is 4.98 Å². The Hall–Kier alpha value is -3.68. The molecule has 1 atom stereocenters. The highest BCUT2D eigenvalue weighted by molar-refractivity contribution is 6.00. The Kier molecular flexibility index (Phi) is 5.13. The Morgan fingerprint density at radius 1 is 1.09 bits per heavy atom. The fraction of sp³-hybridized carbons (Fsp3) is 0.333. The summed E-state index contributed by atoms with van der Waals surface area (Å²) in [6, 6.07) is 15.3. The van der Waals surface area contributed by atoms with Gasteiger partial charge in [-0.3, -0.25) is 9.59 Å². The zero-order chi connectivity index (χ0) is 22.2. The Morgan fingerprint density at radius 2 is 1.84 bits per heavy atom. The van der Waals surface area contributed by atoms with Crippen molar-refractivity contribution in [3.63, 3.8) is 0 Å². The van der Waals surface area contributed by atoms with Crippen LogP contribution in [0.5, 0.6) is 5.75 Å². The molecule has 8 heteroatoms. The molecule has 2 aliphatic rings. The van der Waals surface area contributed by atoms with Gasteiger partial charge in [-0.25, -0.2) is 0 Å². The number of aromatic nitrogens is 2. The van der Waals surface area contributed by atoms with E-state index in [4.69, 9.17) is 9.26 Å². The second kappa shape index (κ2) is 8.11. The van der Waals surface area contributed by atoms with Crippen molar-refractivity contribution in [1.82, 2.24) is 15.0 Å². The van der Waals surface area contributed by atoms with Gasteiger partial charge in [0.2, 0.25) is 23.5 Å². The molecule has 8 nitrogen and oxygen atoms in total. The highest BCUT2D eigenvalue weighted by atomic mass is 16.5. The van der Waals surface area contributed by atoms with Gasteiger partial charge in [0.1, 0.15) is 5.75 Å². The maximum absolute atomic E-state index is 13.0. The molecule has 32 heavy (non-hydrogen) atoms. The number of amides is 2. The molecule has 0 aliphatic carbocycles. The van der Waals surface area contributed by atoms with Gasteiger partial charge >= 0.3 is 0 Å². The van der Waals surface area contributed by atoms with Gasteiger partial charge in [0.15, 0.2) is 0 Å². The second-order valence-corrected chi connectivity index (χ2v) is 8.34. The van der Waals surface area contributed by atoms with Gasteiger partial charge in [-0.1, -0.05) is 35.0 Å². The molecule has 164 valence electrons. The molecule has 5 rings (SSSR count). The summed E-state index contributed by atoms with van der Waals surface area (Å²) < 4.78 is 10.8. The summed E-state index contributed by atoms with van der Waals surface area (Å²) in [6.07, 6.45) is 0.242. The van der Waals surface area contributed by atoms with Crippen LogP contribution in [0.4, 0.5) is 5.69 Å². The van der Waals surface area contributed by atoms with E-state index in [1.165, 1.54) is 0 Å². The number of hydrogen-bond donors (Lipinski definition) is 0. The quantitative estimate of drug-likeness (QED) is 0.616. The lowest BCUT2D eigenvalue weighted by Crippen LogP contribution is -2.51. The number of ether oxygens (including phenoxy) is 1. The molecule has 0 bridgehead atoms. The highest BCUT2D eigenvalue weighted by Crippen LogP contribution is 2.33. The number of aryl methyl sites for hydroxylation is 1. The Labute approximate surface area is 185 Å². The summed E-state index contributed by atoms with van der Waals surface area (Å²) >= 11 is 0. The number of hydrogen-bond acceptors (Lipinski definition) is 6. The third-order valence-electron chi connectivity index (χ3n) is 6.15. The molecule has 3 aromatic rings. The normalized spacial score (nSPS) is 18.7. The van der Waals surface area contributed by atoms with Crippen LogP contribution in [0.25, 0.3) is 11.4 Å². The van der Waals surface area contributed by atoms with Crippen molar-refractivity contribution in [1.29, 1.82) is 0 Å². The number of para-hydroxylation sites is 1. The predicted octanol–water partition coefficient (Wildman–Crippen LogP) is 3.03. The van der Waals surface area contributed by atoms with E-state index in [1.54, 1.807) is 16.9 Å². The fourth-order valence-electron chi connectivity index (χ4n) is 4.26. The molecule has 2 aliphatic heterocycles. The van der Waals surface area contributed by atoms with Crippen LogP contribution in [-0.2, 0) is 9.59 Å². The minimum absolute atomic E-state index is 0.000198. The maximum atomic E-state index is 13.0. The average molecular weight is 432 g/mol. The first-order valence-electron chi connectivity index (χ1n) is 10.7. The van der Waals surface area contributed by atoms with Crippen LogP contribution in [0.1, 0.15) is 23.8 Å². The predicted molar refractivity (Wildman–Crippen MR) is 117 cm³/mol. The summed E-state index contributed by atoms with van der Waals surface area (Å²) in [5, 5.41) is 4.08. The number of rotatable bonds is 5. The van der Waals surface area contributed by atoms with Crippen molar-refractivity contribution in [2.24, 2.45) is 5.92 Å². The summed E-state index contributed by atoms with van der Waals surface area (Å²) in [5.41, 5.74) is 2.74. The molecule has 2 amide bonds. The topological polar surface area (TPSA) is 88.8 Å². The van der Waals surface area contributed by atoms with E-state index in [0.717, 1.165) is 16.8 Å². The molecule has 2 saturated heterocycles. The van der Waals surface area contributed by atoms with E-state index in [2.05, 4.69) is 10.1 Å². The zero-order valence-electron chi connectivity index (χ0n) is 18.0. The lowest BCUT2D eigenvalue weighted by Gasteiger charge is -2.38. The van der Waals surface area contributed by atoms with Crippen molar-refractivity contribution < 1.29 is 18.8 Å². The number of carbonyl (C=O) groups excluding carboxylic acids is 2. The van der Waals surface area contributed by atoms with E-state index < -0.39 is 0 Å². The van der Waals surface area contributed by atoms with Crippen LogP contribution < -0.4 is 9.64 Å². The maximum Gasteiger partial charge on any atom is 0.233 e. The molecule has 0 N–H and O–H groups in total. The molecule has 3 heterocycles. The molecular weight excluding hydrogens is 408 g/mol. The number of likely N-dealkylation sites (tertiary alicyclic amines) is 1. The molecule has 0 radical (unpaired) electrons. The van der Waals surface area contributed by atoms with Gasteiger partial charge in [-0.15, -0.1) is 0 Å². The SMILES string of the molecule is COc1ccccc1-c1noc(C2CN(C(=O)C3CC(=O)N(c4ccc(C)cc4)C3)C2)n1. The molecule has 0 saturated carbocycles. The van der Waals surface area contributed by atoms with E-state index in [9.17, 15) is 9.59 Å². The van der Waals surface area contributed by atoms with Gasteiger partial charge in [-0.05, 0) is 31.2 Å². The summed E-state index contributed by atoms with van der Waals surface area (Å²) in [6.45, 7) is 3.45. The first kappa shape index (κ1) is 20.2. The smallest absolute Gasteiger partial charge is 0.233 e. The Balaban J connectivity index is 1.21. The van der Waals surface area contributed by atoms with E-state index in [0.29, 0.717) is 37.1 Å². The summed E-state index contributed by atoms with van der Waals surface area (Å²) in [4.78, 5) is 33.4. The number of benzene rings is 2. The second-order valence-electron chi connectivity index (χ2n) is 8.34. The van der Waals surface area contributed by atoms with E-state index in [-0.39, 0.29) is 30.1 Å². The number of anilines is 1. The highest BCUT2D eigenvalue weighted by Gasteiger charge is 2.42. The Bertz CT molecular complexity index is 1150. The number of nitrogens with zero attached hydrogens (tertiary/aromatic N) is 4. The zero-order valence-corrected chi connectivity index (χ0v) is 18.0. The third kappa shape index (κ3) is 3.62.